The van der Waals surface area contributed by atoms with Crippen molar-refractivity contribution in [1.29, 1.82) is 0 Å². The summed E-state index contributed by atoms with van der Waals surface area (Å²) in [6.45, 7) is 0. The van der Waals surface area contributed by atoms with Crippen LogP contribution in [0.15, 0.2) is 22.8 Å². The average molecular weight is 221 g/mol. The van der Waals surface area contributed by atoms with Gasteiger partial charge in [-0.25, -0.2) is 0 Å². The number of hydrogen-bond donors (Lipinski definition) is 1. The van der Waals surface area contributed by atoms with Crippen LogP contribution in [0.25, 0.3) is 0 Å². The molecule has 1 aromatic heterocycles. The van der Waals surface area contributed by atoms with Gasteiger partial charge in [0.2, 0.25) is 0 Å². The predicted octanol–water partition coefficient (Wildman–Crippen LogP) is 0.700. The molecule has 0 spiro atoms. The number of hydrogen-bond acceptors (Lipinski definition) is 4. The Morgan fingerprint density at radius 3 is 2.88 bits per heavy atom. The lowest BCUT2D eigenvalue weighted by molar-refractivity contribution is -0.131. The second kappa shape index (κ2) is 4.30. The van der Waals surface area contributed by atoms with Gasteiger partial charge in [-0.2, -0.15) is 0 Å². The maximum Gasteiger partial charge on any atom is 0.287 e. The summed E-state index contributed by atoms with van der Waals surface area (Å²) < 4.78 is 4.90. The predicted molar refractivity (Wildman–Crippen MR) is 53.8 cm³/mol. The fourth-order valence-corrected chi connectivity index (χ4v) is 1.66. The van der Waals surface area contributed by atoms with Crippen LogP contribution in [0, 0.1) is 0 Å². The van der Waals surface area contributed by atoms with E-state index in [1.54, 1.807) is 6.07 Å². The molecule has 0 aromatic carbocycles. The number of amides is 1. The molecule has 0 aliphatic heterocycles. The molecule has 1 aliphatic rings. The van der Waals surface area contributed by atoms with Crippen LogP contribution < -0.4 is 5.32 Å². The number of furan rings is 1. The number of carbonyl (C=O) groups excluding carboxylic acids is 3. The zero-order chi connectivity index (χ0) is 11.5. The van der Waals surface area contributed by atoms with E-state index in [1.807, 2.05) is 0 Å². The van der Waals surface area contributed by atoms with Crippen LogP contribution in [0.5, 0.6) is 0 Å². The zero-order valence-corrected chi connectivity index (χ0v) is 8.56. The fourth-order valence-electron chi connectivity index (χ4n) is 1.66. The third kappa shape index (κ3) is 2.18. The molecule has 1 aromatic rings. The van der Waals surface area contributed by atoms with Crippen molar-refractivity contribution in [3.63, 3.8) is 0 Å². The van der Waals surface area contributed by atoms with Gasteiger partial charge < -0.3 is 9.73 Å². The Morgan fingerprint density at radius 1 is 1.44 bits per heavy atom. The summed E-state index contributed by atoms with van der Waals surface area (Å²) in [4.78, 5) is 34.0. The second-order valence-corrected chi connectivity index (χ2v) is 3.72. The Hall–Kier alpha value is -1.91. The highest BCUT2D eigenvalue weighted by Gasteiger charge is 2.28. The topological polar surface area (TPSA) is 76.4 Å². The first-order chi connectivity index (χ1) is 7.66. The van der Waals surface area contributed by atoms with Gasteiger partial charge in [0.05, 0.1) is 18.7 Å². The minimum Gasteiger partial charge on any atom is -0.459 e. The molecule has 1 aliphatic carbocycles. The fraction of sp³-hybridized carbons (Fsp3) is 0.364. The Balaban J connectivity index is 1.97. The van der Waals surface area contributed by atoms with Crippen LogP contribution in [0.1, 0.15) is 29.8 Å². The average Bonchev–Trinajstić information content (AvgIpc) is 2.75. The van der Waals surface area contributed by atoms with Gasteiger partial charge in [-0.15, -0.1) is 0 Å². The van der Waals surface area contributed by atoms with E-state index in [-0.39, 0.29) is 23.7 Å². The molecule has 2 rings (SSSR count). The molecule has 0 saturated heterocycles. The normalized spacial score (nSPS) is 20.9. The molecule has 84 valence electrons. The standard InChI is InChI=1S/C11H11NO4/c13-7-3-4-8(9(14)6-7)12-11(15)10-2-1-5-16-10/h1-2,5,8H,3-4,6H2,(H,12,15). The van der Waals surface area contributed by atoms with Crippen molar-refractivity contribution in [2.24, 2.45) is 0 Å². The van der Waals surface area contributed by atoms with E-state index in [1.165, 1.54) is 12.3 Å². The van der Waals surface area contributed by atoms with Gasteiger partial charge in [-0.3, -0.25) is 14.4 Å². The van der Waals surface area contributed by atoms with Crippen LogP contribution >= 0.6 is 0 Å². The Kier molecular flexibility index (Phi) is 2.85. The van der Waals surface area contributed by atoms with Gasteiger partial charge in [0.1, 0.15) is 5.78 Å². The molecule has 1 amide bonds. The largest absolute Gasteiger partial charge is 0.459 e. The van der Waals surface area contributed by atoms with Crippen LogP contribution in [-0.2, 0) is 9.59 Å². The van der Waals surface area contributed by atoms with Gasteiger partial charge in [0.15, 0.2) is 11.5 Å². The van der Waals surface area contributed by atoms with Crippen molar-refractivity contribution in [2.45, 2.75) is 25.3 Å². The van der Waals surface area contributed by atoms with Crippen molar-refractivity contribution in [2.75, 3.05) is 0 Å². The molecule has 0 radical (unpaired) electrons. The lowest BCUT2D eigenvalue weighted by Crippen LogP contribution is -2.44. The summed E-state index contributed by atoms with van der Waals surface area (Å²) >= 11 is 0. The van der Waals surface area contributed by atoms with Crippen LogP contribution in [-0.4, -0.2) is 23.5 Å². The SMILES string of the molecule is O=C1CCC(NC(=O)c2ccco2)C(=O)C1. The van der Waals surface area contributed by atoms with Crippen molar-refractivity contribution in [1.82, 2.24) is 5.32 Å². The summed E-state index contributed by atoms with van der Waals surface area (Å²) in [6.07, 6.45) is 2.03. The maximum absolute atomic E-state index is 11.6. The number of rotatable bonds is 2. The van der Waals surface area contributed by atoms with E-state index in [0.29, 0.717) is 12.8 Å². The molecule has 5 nitrogen and oxygen atoms in total. The third-order valence-corrected chi connectivity index (χ3v) is 2.52. The molecule has 1 unspecified atom stereocenters. The van der Waals surface area contributed by atoms with Crippen molar-refractivity contribution in [3.05, 3.63) is 24.2 Å². The molecule has 1 atom stereocenters. The van der Waals surface area contributed by atoms with E-state index >= 15 is 0 Å². The minimum absolute atomic E-state index is 0.0616. The molecule has 16 heavy (non-hydrogen) atoms. The van der Waals surface area contributed by atoms with E-state index in [4.69, 9.17) is 4.42 Å². The molecule has 1 heterocycles. The smallest absolute Gasteiger partial charge is 0.287 e. The Labute approximate surface area is 91.8 Å². The summed E-state index contributed by atoms with van der Waals surface area (Å²) in [7, 11) is 0. The minimum atomic E-state index is -0.560. The van der Waals surface area contributed by atoms with E-state index in [9.17, 15) is 14.4 Å². The molecular formula is C11H11NO4. The Morgan fingerprint density at radius 2 is 2.25 bits per heavy atom. The van der Waals surface area contributed by atoms with Gasteiger partial charge in [0.25, 0.3) is 5.91 Å². The van der Waals surface area contributed by atoms with Crippen molar-refractivity contribution in [3.8, 4) is 0 Å². The lowest BCUT2D eigenvalue weighted by Gasteiger charge is -2.20. The van der Waals surface area contributed by atoms with E-state index < -0.39 is 11.9 Å². The lowest BCUT2D eigenvalue weighted by atomic mass is 9.93. The molecule has 1 saturated carbocycles. The van der Waals surface area contributed by atoms with E-state index in [2.05, 4.69) is 5.32 Å². The zero-order valence-electron chi connectivity index (χ0n) is 8.56. The number of Topliss-reactive ketones (excluding diaryl/α,β-unsaturated/α-hetero) is 2. The maximum atomic E-state index is 11.6. The van der Waals surface area contributed by atoms with Crippen molar-refractivity contribution >= 4 is 17.5 Å². The van der Waals surface area contributed by atoms with Crippen molar-refractivity contribution < 1.29 is 18.8 Å². The van der Waals surface area contributed by atoms with Gasteiger partial charge in [0, 0.05) is 6.42 Å². The van der Waals surface area contributed by atoms with Crippen LogP contribution in [0.4, 0.5) is 0 Å². The summed E-state index contributed by atoms with van der Waals surface area (Å²) in [6, 6.07) is 2.56. The molecular weight excluding hydrogens is 210 g/mol. The quantitative estimate of drug-likeness (QED) is 0.746. The molecule has 5 heteroatoms. The first kappa shape index (κ1) is 10.6. The van der Waals surface area contributed by atoms with Crippen LogP contribution in [0.3, 0.4) is 0 Å². The van der Waals surface area contributed by atoms with Crippen LogP contribution in [0.2, 0.25) is 0 Å². The van der Waals surface area contributed by atoms with Gasteiger partial charge in [-0.05, 0) is 18.6 Å². The molecule has 1 N–H and O–H groups in total. The highest BCUT2D eigenvalue weighted by Crippen LogP contribution is 2.12. The molecule has 0 bridgehead atoms. The first-order valence-electron chi connectivity index (χ1n) is 5.05. The third-order valence-electron chi connectivity index (χ3n) is 2.52. The number of carbonyl (C=O) groups is 3. The monoisotopic (exact) mass is 221 g/mol. The first-order valence-corrected chi connectivity index (χ1v) is 5.05. The molecule has 1 fully saturated rings. The Bertz CT molecular complexity index is 421. The number of ketones is 2. The van der Waals surface area contributed by atoms with E-state index in [0.717, 1.165) is 0 Å². The summed E-state index contributed by atoms with van der Waals surface area (Å²) in [5.41, 5.74) is 0. The highest BCUT2D eigenvalue weighted by molar-refractivity contribution is 6.06. The van der Waals surface area contributed by atoms with Gasteiger partial charge >= 0.3 is 0 Å². The summed E-state index contributed by atoms with van der Waals surface area (Å²) in [5, 5.41) is 2.56. The van der Waals surface area contributed by atoms with Gasteiger partial charge in [-0.1, -0.05) is 0 Å². The highest BCUT2D eigenvalue weighted by atomic mass is 16.3. The second-order valence-electron chi connectivity index (χ2n) is 3.72. The number of nitrogens with one attached hydrogen (secondary N) is 1. The summed E-state index contributed by atoms with van der Waals surface area (Å²) in [5.74, 6) is -0.535.